The Balaban J connectivity index is 1.18. The molecule has 0 saturated carbocycles. The van der Waals surface area contributed by atoms with Crippen molar-refractivity contribution in [3.8, 4) is 6.01 Å². The summed E-state index contributed by atoms with van der Waals surface area (Å²) in [4.78, 5) is 29.0. The number of alkyl halides is 1. The summed E-state index contributed by atoms with van der Waals surface area (Å²) < 4.78 is 30.0. The van der Waals surface area contributed by atoms with Crippen molar-refractivity contribution in [1.82, 2.24) is 29.5 Å². The Labute approximate surface area is 275 Å². The number of nitrogens with zero attached hydrogens (tertiary/aromatic N) is 7. The van der Waals surface area contributed by atoms with Crippen molar-refractivity contribution in [2.75, 3.05) is 51.0 Å². The maximum Gasteiger partial charge on any atom is 0.318 e. The van der Waals surface area contributed by atoms with Gasteiger partial charge in [-0.1, -0.05) is 19.9 Å². The number of nitrogens with two attached hydrogens (primary N) is 1. The standard InChI is InChI=1S/C35H45FN8O3/c1-33(2)15-22-7-8-24(37)13-27(22)35(33)17-29-26(20-47-35)30(39-32(38-29)46-21-34-9-5-11-43(34)18-23(36)16-34)42-10-6-12-44-25(19-42)14-28(40-44)31(45)41(3)4/h7-8,13-14,23H,5-6,9-12,15-21,37H2,1-4H3. The molecule has 0 bridgehead atoms. The molecule has 3 unspecified atom stereocenters. The van der Waals surface area contributed by atoms with E-state index in [1.54, 1.807) is 19.0 Å². The van der Waals surface area contributed by atoms with Crippen LogP contribution in [0.25, 0.3) is 0 Å². The predicted molar refractivity (Wildman–Crippen MR) is 175 cm³/mol. The van der Waals surface area contributed by atoms with Crippen molar-refractivity contribution in [2.45, 2.75) is 89.4 Å². The van der Waals surface area contributed by atoms with Crippen molar-refractivity contribution in [1.29, 1.82) is 0 Å². The summed E-state index contributed by atoms with van der Waals surface area (Å²) in [6.07, 6.45) is 3.89. The van der Waals surface area contributed by atoms with Gasteiger partial charge < -0.3 is 25.0 Å². The largest absolute Gasteiger partial charge is 0.461 e. The molecule has 4 aliphatic heterocycles. The molecule has 8 rings (SSSR count). The third-order valence-corrected chi connectivity index (χ3v) is 11.4. The van der Waals surface area contributed by atoms with Crippen LogP contribution in [0.15, 0.2) is 24.3 Å². The van der Waals surface area contributed by atoms with E-state index in [1.807, 2.05) is 16.8 Å². The normalized spacial score (nSPS) is 27.7. The van der Waals surface area contributed by atoms with E-state index in [2.05, 4.69) is 40.9 Å². The number of aromatic nitrogens is 4. The molecule has 11 nitrogen and oxygen atoms in total. The first-order chi connectivity index (χ1) is 22.5. The lowest BCUT2D eigenvalue weighted by Crippen LogP contribution is -2.46. The zero-order chi connectivity index (χ0) is 32.7. The molecule has 0 radical (unpaired) electrons. The predicted octanol–water partition coefficient (Wildman–Crippen LogP) is 3.87. The lowest BCUT2D eigenvalue weighted by Gasteiger charge is -2.45. The molecule has 47 heavy (non-hydrogen) atoms. The van der Waals surface area contributed by atoms with Gasteiger partial charge >= 0.3 is 6.01 Å². The first kappa shape index (κ1) is 30.6. The van der Waals surface area contributed by atoms with E-state index in [9.17, 15) is 9.18 Å². The van der Waals surface area contributed by atoms with Gasteiger partial charge in [0.2, 0.25) is 0 Å². The molecule has 2 aromatic heterocycles. The van der Waals surface area contributed by atoms with Crippen molar-refractivity contribution >= 4 is 17.4 Å². The summed E-state index contributed by atoms with van der Waals surface area (Å²) in [7, 11) is 3.48. The second-order valence-corrected chi connectivity index (χ2v) is 15.1. The van der Waals surface area contributed by atoms with Crippen LogP contribution in [0.2, 0.25) is 0 Å². The Kier molecular flexibility index (Phi) is 7.07. The second-order valence-electron chi connectivity index (χ2n) is 15.1. The van der Waals surface area contributed by atoms with E-state index in [4.69, 9.17) is 25.2 Å². The van der Waals surface area contributed by atoms with Crippen LogP contribution < -0.4 is 15.4 Å². The third-order valence-electron chi connectivity index (χ3n) is 11.4. The van der Waals surface area contributed by atoms with E-state index in [1.165, 1.54) is 5.56 Å². The molecule has 1 aromatic carbocycles. The first-order valence-electron chi connectivity index (χ1n) is 16.9. The van der Waals surface area contributed by atoms with Crippen LogP contribution in [0.1, 0.15) is 78.1 Å². The topological polar surface area (TPSA) is 115 Å². The number of hydrogen-bond donors (Lipinski definition) is 1. The number of carbonyl (C=O) groups excluding carboxylic acids is 1. The van der Waals surface area contributed by atoms with Gasteiger partial charge in [0.05, 0.1) is 30.1 Å². The fourth-order valence-electron chi connectivity index (χ4n) is 8.94. The van der Waals surface area contributed by atoms with Crippen LogP contribution in [0.3, 0.4) is 0 Å². The number of hydrogen-bond acceptors (Lipinski definition) is 9. The molecule has 3 atom stereocenters. The summed E-state index contributed by atoms with van der Waals surface area (Å²) in [5.41, 5.74) is 11.6. The minimum atomic E-state index is -0.834. The van der Waals surface area contributed by atoms with Gasteiger partial charge in [0.1, 0.15) is 24.2 Å². The Morgan fingerprint density at radius 3 is 2.83 bits per heavy atom. The zero-order valence-electron chi connectivity index (χ0n) is 27.9. The summed E-state index contributed by atoms with van der Waals surface area (Å²) in [5.74, 6) is 0.669. The van der Waals surface area contributed by atoms with E-state index >= 15 is 0 Å². The molecule has 2 saturated heterocycles. The van der Waals surface area contributed by atoms with Crippen LogP contribution >= 0.6 is 0 Å². The number of anilines is 2. The third kappa shape index (κ3) is 4.89. The van der Waals surface area contributed by atoms with Gasteiger partial charge in [-0.15, -0.1) is 0 Å². The minimum Gasteiger partial charge on any atom is -0.461 e. The van der Waals surface area contributed by atoms with E-state index < -0.39 is 11.8 Å². The molecule has 2 fully saturated rings. The van der Waals surface area contributed by atoms with Gasteiger partial charge in [-0.3, -0.25) is 14.4 Å². The highest BCUT2D eigenvalue weighted by Crippen LogP contribution is 2.57. The molecule has 3 aromatic rings. The average Bonchev–Trinajstić information content (AvgIpc) is 3.71. The van der Waals surface area contributed by atoms with E-state index in [0.717, 1.165) is 72.8 Å². The average molecular weight is 645 g/mol. The fraction of sp³-hybridized carbons (Fsp3) is 0.600. The maximum atomic E-state index is 14.6. The molecular weight excluding hydrogens is 599 g/mol. The SMILES string of the molecule is CN(C)C(=O)c1cc2n(n1)CCCN(c1nc(OCC34CCCN3CC(F)C4)nc3c1COC1(C3)c3cc(N)ccc3CC1(C)C)C2. The summed E-state index contributed by atoms with van der Waals surface area (Å²) in [6.45, 7) is 8.60. The number of rotatable bonds is 5. The molecule has 1 amide bonds. The highest BCUT2D eigenvalue weighted by molar-refractivity contribution is 5.92. The van der Waals surface area contributed by atoms with E-state index in [-0.39, 0.29) is 16.9 Å². The Morgan fingerprint density at radius 1 is 1.15 bits per heavy atom. The van der Waals surface area contributed by atoms with Crippen LogP contribution in [0.5, 0.6) is 6.01 Å². The Morgan fingerprint density at radius 2 is 2.00 bits per heavy atom. The van der Waals surface area contributed by atoms with Gasteiger partial charge in [0, 0.05) is 63.2 Å². The molecular formula is C35H45FN8O3. The van der Waals surface area contributed by atoms with Crippen molar-refractivity contribution in [3.63, 3.8) is 0 Å². The molecule has 250 valence electrons. The molecule has 6 heterocycles. The Bertz CT molecular complexity index is 1740. The van der Waals surface area contributed by atoms with Crippen LogP contribution in [-0.4, -0.2) is 87.5 Å². The van der Waals surface area contributed by atoms with Gasteiger partial charge in [-0.2, -0.15) is 15.1 Å². The van der Waals surface area contributed by atoms with Gasteiger partial charge in [0.25, 0.3) is 5.91 Å². The van der Waals surface area contributed by atoms with Crippen LogP contribution in [-0.2, 0) is 42.9 Å². The van der Waals surface area contributed by atoms with E-state index in [0.29, 0.717) is 57.4 Å². The molecule has 2 N–H and O–H groups in total. The van der Waals surface area contributed by atoms with Crippen molar-refractivity contribution in [3.05, 3.63) is 58.0 Å². The van der Waals surface area contributed by atoms with Crippen LogP contribution in [0.4, 0.5) is 15.9 Å². The summed E-state index contributed by atoms with van der Waals surface area (Å²) >= 11 is 0. The highest BCUT2D eigenvalue weighted by Gasteiger charge is 2.56. The fourth-order valence-corrected chi connectivity index (χ4v) is 8.94. The summed E-state index contributed by atoms with van der Waals surface area (Å²) in [6, 6.07) is 8.38. The molecule has 1 spiro atoms. The van der Waals surface area contributed by atoms with Crippen molar-refractivity contribution < 1.29 is 18.7 Å². The quantitative estimate of drug-likeness (QED) is 0.414. The number of halogens is 1. The molecule has 1 aliphatic carbocycles. The minimum absolute atomic E-state index is 0.117. The van der Waals surface area contributed by atoms with Gasteiger partial charge in [-0.25, -0.2) is 4.39 Å². The number of benzene rings is 1. The zero-order valence-corrected chi connectivity index (χ0v) is 27.9. The molecule has 5 aliphatic rings. The lowest BCUT2D eigenvalue weighted by molar-refractivity contribution is -0.139. The lowest BCUT2D eigenvalue weighted by atomic mass is 9.71. The van der Waals surface area contributed by atoms with Gasteiger partial charge in [0.15, 0.2) is 5.69 Å². The van der Waals surface area contributed by atoms with Crippen LogP contribution in [0, 0.1) is 5.41 Å². The van der Waals surface area contributed by atoms with Gasteiger partial charge in [-0.05, 0) is 61.6 Å². The highest BCUT2D eigenvalue weighted by atomic mass is 19.1. The second kappa shape index (κ2) is 10.9. The maximum absolute atomic E-state index is 14.6. The smallest absolute Gasteiger partial charge is 0.318 e. The number of amides is 1. The number of carbonyl (C=O) groups is 1. The number of aryl methyl sites for hydroxylation is 1. The monoisotopic (exact) mass is 644 g/mol. The number of ether oxygens (including phenoxy) is 2. The number of fused-ring (bicyclic) bond motifs is 5. The first-order valence-corrected chi connectivity index (χ1v) is 16.9. The molecule has 12 heteroatoms. The van der Waals surface area contributed by atoms with Crippen molar-refractivity contribution in [2.24, 2.45) is 5.41 Å². The Hall–Kier alpha value is -3.77. The number of nitrogen functional groups attached to an aromatic ring is 1. The summed E-state index contributed by atoms with van der Waals surface area (Å²) in [5, 5.41) is 4.64.